The van der Waals surface area contributed by atoms with E-state index >= 15 is 0 Å². The van der Waals surface area contributed by atoms with Crippen LogP contribution in [0.5, 0.6) is 5.75 Å². The standard InChI is InChI=1S/C17H21N3O4S/c1-10-5-6-14(23-4)13(7-10)18-16(21)9-25-12(3)17(22)19-15-8-11(2)24-20-15/h5-8,12H,9H2,1-4H3,(H,18,21)(H,19,20,22). The van der Waals surface area contributed by atoms with E-state index in [2.05, 4.69) is 15.8 Å². The van der Waals surface area contributed by atoms with Crippen LogP contribution in [-0.4, -0.2) is 35.1 Å². The van der Waals surface area contributed by atoms with Crippen LogP contribution in [-0.2, 0) is 9.59 Å². The number of benzene rings is 1. The molecule has 134 valence electrons. The number of nitrogens with one attached hydrogen (secondary N) is 2. The van der Waals surface area contributed by atoms with Gasteiger partial charge in [0, 0.05) is 6.07 Å². The normalized spacial score (nSPS) is 11.7. The van der Waals surface area contributed by atoms with E-state index in [-0.39, 0.29) is 17.6 Å². The fourth-order valence-corrected chi connectivity index (χ4v) is 2.72. The van der Waals surface area contributed by atoms with Crippen molar-refractivity contribution in [1.82, 2.24) is 5.16 Å². The van der Waals surface area contributed by atoms with Crippen LogP contribution in [0, 0.1) is 13.8 Å². The van der Waals surface area contributed by atoms with Crippen LogP contribution in [0.15, 0.2) is 28.8 Å². The summed E-state index contributed by atoms with van der Waals surface area (Å²) < 4.78 is 10.1. The number of ether oxygens (including phenoxy) is 1. The first kappa shape index (κ1) is 18.9. The molecule has 2 aromatic rings. The van der Waals surface area contributed by atoms with Gasteiger partial charge in [-0.3, -0.25) is 9.59 Å². The van der Waals surface area contributed by atoms with Crippen LogP contribution in [0.25, 0.3) is 0 Å². The highest BCUT2D eigenvalue weighted by Crippen LogP contribution is 2.25. The highest BCUT2D eigenvalue weighted by atomic mass is 32.2. The number of carbonyl (C=O) groups is 2. The molecular weight excluding hydrogens is 342 g/mol. The quantitative estimate of drug-likeness (QED) is 0.785. The SMILES string of the molecule is COc1ccc(C)cc1NC(=O)CSC(C)C(=O)Nc1cc(C)on1. The zero-order valence-corrected chi connectivity index (χ0v) is 15.4. The molecule has 0 fully saturated rings. The van der Waals surface area contributed by atoms with Crippen LogP contribution in [0.1, 0.15) is 18.2 Å². The number of aromatic nitrogens is 1. The van der Waals surface area contributed by atoms with Gasteiger partial charge >= 0.3 is 0 Å². The van der Waals surface area contributed by atoms with E-state index < -0.39 is 5.25 Å². The summed E-state index contributed by atoms with van der Waals surface area (Å²) in [5.74, 6) is 1.27. The maximum absolute atomic E-state index is 12.1. The Morgan fingerprint density at radius 3 is 2.68 bits per heavy atom. The number of hydrogen-bond acceptors (Lipinski definition) is 6. The summed E-state index contributed by atoms with van der Waals surface area (Å²) in [4.78, 5) is 24.2. The molecule has 1 aromatic heterocycles. The van der Waals surface area contributed by atoms with Gasteiger partial charge in [0.25, 0.3) is 0 Å². The van der Waals surface area contributed by atoms with Gasteiger partial charge < -0.3 is 19.9 Å². The van der Waals surface area contributed by atoms with Gasteiger partial charge in [-0.1, -0.05) is 11.2 Å². The first-order chi connectivity index (χ1) is 11.9. The zero-order chi connectivity index (χ0) is 18.4. The largest absolute Gasteiger partial charge is 0.495 e. The minimum atomic E-state index is -0.415. The van der Waals surface area contributed by atoms with Gasteiger partial charge in [0.15, 0.2) is 5.82 Å². The third-order valence-corrected chi connectivity index (χ3v) is 4.48. The van der Waals surface area contributed by atoms with Crippen molar-refractivity contribution < 1.29 is 18.8 Å². The van der Waals surface area contributed by atoms with Crippen molar-refractivity contribution >= 4 is 35.1 Å². The molecule has 1 heterocycles. The van der Waals surface area contributed by atoms with E-state index in [0.717, 1.165) is 5.56 Å². The van der Waals surface area contributed by atoms with Crippen molar-refractivity contribution in [2.75, 3.05) is 23.5 Å². The topological polar surface area (TPSA) is 93.5 Å². The Hall–Kier alpha value is -2.48. The molecule has 0 spiro atoms. The lowest BCUT2D eigenvalue weighted by Gasteiger charge is -2.13. The Bertz CT molecular complexity index is 760. The summed E-state index contributed by atoms with van der Waals surface area (Å²) in [6.45, 7) is 5.40. The minimum absolute atomic E-state index is 0.142. The summed E-state index contributed by atoms with van der Waals surface area (Å²) in [6.07, 6.45) is 0. The molecule has 2 N–H and O–H groups in total. The number of rotatable bonds is 7. The Morgan fingerprint density at radius 1 is 1.28 bits per heavy atom. The number of nitrogens with zero attached hydrogens (tertiary/aromatic N) is 1. The molecule has 0 aliphatic rings. The third-order valence-electron chi connectivity index (χ3n) is 3.34. The molecule has 1 atom stereocenters. The highest BCUT2D eigenvalue weighted by Gasteiger charge is 2.17. The second-order valence-corrected chi connectivity index (χ2v) is 6.85. The van der Waals surface area contributed by atoms with E-state index in [1.165, 1.54) is 11.8 Å². The Morgan fingerprint density at radius 2 is 2.04 bits per heavy atom. The van der Waals surface area contributed by atoms with Crippen LogP contribution in [0.4, 0.5) is 11.5 Å². The first-order valence-electron chi connectivity index (χ1n) is 7.69. The first-order valence-corrected chi connectivity index (χ1v) is 8.74. The predicted octanol–water partition coefficient (Wildman–Crippen LogP) is 3.00. The molecule has 2 rings (SSSR count). The lowest BCUT2D eigenvalue weighted by atomic mass is 10.2. The smallest absolute Gasteiger partial charge is 0.238 e. The van der Waals surface area contributed by atoms with E-state index in [9.17, 15) is 9.59 Å². The van der Waals surface area contributed by atoms with Crippen LogP contribution < -0.4 is 15.4 Å². The van der Waals surface area contributed by atoms with Crippen LogP contribution >= 0.6 is 11.8 Å². The lowest BCUT2D eigenvalue weighted by molar-refractivity contribution is -0.115. The molecule has 0 radical (unpaired) electrons. The van der Waals surface area contributed by atoms with Crippen molar-refractivity contribution in [3.05, 3.63) is 35.6 Å². The number of carbonyl (C=O) groups excluding carboxylic acids is 2. The van der Waals surface area contributed by atoms with Gasteiger partial charge in [-0.2, -0.15) is 0 Å². The van der Waals surface area contributed by atoms with Gasteiger partial charge in [-0.05, 0) is 38.5 Å². The van der Waals surface area contributed by atoms with Gasteiger partial charge in [0.1, 0.15) is 11.5 Å². The summed E-state index contributed by atoms with van der Waals surface area (Å²) in [5.41, 5.74) is 1.63. The van der Waals surface area contributed by atoms with Gasteiger partial charge in [-0.25, -0.2) is 0 Å². The number of methoxy groups -OCH3 is 1. The van der Waals surface area contributed by atoms with Crippen molar-refractivity contribution in [3.8, 4) is 5.75 Å². The molecule has 25 heavy (non-hydrogen) atoms. The molecule has 0 aliphatic carbocycles. The van der Waals surface area contributed by atoms with Crippen LogP contribution in [0.2, 0.25) is 0 Å². The number of aryl methyl sites for hydroxylation is 2. The Labute approximate surface area is 150 Å². The molecule has 7 nitrogen and oxygen atoms in total. The molecule has 0 saturated heterocycles. The molecule has 2 amide bonds. The number of anilines is 2. The highest BCUT2D eigenvalue weighted by molar-refractivity contribution is 8.01. The third kappa shape index (κ3) is 5.53. The van der Waals surface area contributed by atoms with Crippen molar-refractivity contribution in [2.45, 2.75) is 26.0 Å². The maximum Gasteiger partial charge on any atom is 0.238 e. The van der Waals surface area contributed by atoms with E-state index in [1.54, 1.807) is 33.1 Å². The van der Waals surface area contributed by atoms with Gasteiger partial charge in [0.2, 0.25) is 11.8 Å². The molecule has 0 aliphatic heterocycles. The van der Waals surface area contributed by atoms with Crippen molar-refractivity contribution in [3.63, 3.8) is 0 Å². The summed E-state index contributed by atoms with van der Waals surface area (Å²) in [6, 6.07) is 7.17. The van der Waals surface area contributed by atoms with E-state index in [1.807, 2.05) is 19.1 Å². The van der Waals surface area contributed by atoms with E-state index in [4.69, 9.17) is 9.26 Å². The monoisotopic (exact) mass is 363 g/mol. The van der Waals surface area contributed by atoms with Crippen molar-refractivity contribution in [1.29, 1.82) is 0 Å². The fourth-order valence-electron chi connectivity index (χ4n) is 2.04. The Balaban J connectivity index is 1.84. The predicted molar refractivity (Wildman–Crippen MR) is 98.2 cm³/mol. The van der Waals surface area contributed by atoms with E-state index in [0.29, 0.717) is 23.0 Å². The summed E-state index contributed by atoms with van der Waals surface area (Å²) in [5, 5.41) is 8.74. The molecule has 1 aromatic carbocycles. The summed E-state index contributed by atoms with van der Waals surface area (Å²) in [7, 11) is 1.55. The molecule has 1 unspecified atom stereocenters. The summed E-state index contributed by atoms with van der Waals surface area (Å²) >= 11 is 1.23. The minimum Gasteiger partial charge on any atom is -0.495 e. The fraction of sp³-hybridized carbons (Fsp3) is 0.353. The van der Waals surface area contributed by atoms with Gasteiger partial charge in [-0.15, -0.1) is 11.8 Å². The average molecular weight is 363 g/mol. The maximum atomic E-state index is 12.1. The second kappa shape index (κ2) is 8.57. The zero-order valence-electron chi connectivity index (χ0n) is 14.6. The second-order valence-electron chi connectivity index (χ2n) is 5.52. The molecular formula is C17H21N3O4S. The number of hydrogen-bond donors (Lipinski definition) is 2. The number of amides is 2. The Kier molecular flexibility index (Phi) is 6.46. The van der Waals surface area contributed by atoms with Crippen LogP contribution in [0.3, 0.4) is 0 Å². The lowest BCUT2D eigenvalue weighted by Crippen LogP contribution is -2.25. The van der Waals surface area contributed by atoms with Crippen molar-refractivity contribution in [2.24, 2.45) is 0 Å². The molecule has 0 saturated carbocycles. The van der Waals surface area contributed by atoms with Gasteiger partial charge in [0.05, 0.1) is 23.8 Å². The number of thioether (sulfide) groups is 1. The molecule has 0 bridgehead atoms. The average Bonchev–Trinajstić information content (AvgIpc) is 2.97. The molecule has 8 heteroatoms.